The average Bonchev–Trinajstić information content (AvgIpc) is 3.37. The number of ether oxygens (including phenoxy) is 1. The third-order valence-corrected chi connectivity index (χ3v) is 8.75. The summed E-state index contributed by atoms with van der Waals surface area (Å²) in [4.78, 5) is 25.6. The van der Waals surface area contributed by atoms with Gasteiger partial charge in [-0.05, 0) is 73.3 Å². The lowest BCUT2D eigenvalue weighted by Gasteiger charge is -2.39. The van der Waals surface area contributed by atoms with Crippen LogP contribution in [0.5, 0.6) is 5.75 Å². The molecule has 0 saturated carbocycles. The van der Waals surface area contributed by atoms with Crippen molar-refractivity contribution >= 4 is 22.6 Å². The van der Waals surface area contributed by atoms with Gasteiger partial charge in [-0.1, -0.05) is 43.3 Å². The summed E-state index contributed by atoms with van der Waals surface area (Å²) in [5.74, 6) is 2.29. The van der Waals surface area contributed by atoms with Crippen LogP contribution in [0.2, 0.25) is 0 Å². The molecular formula is C34H41N5O2. The largest absolute Gasteiger partial charge is 0.497 e. The van der Waals surface area contributed by atoms with Crippen molar-refractivity contribution in [1.82, 2.24) is 19.4 Å². The molecule has 0 unspecified atom stereocenters. The topological polar surface area (TPSA) is 53.8 Å². The monoisotopic (exact) mass is 551 g/mol. The van der Waals surface area contributed by atoms with Crippen molar-refractivity contribution in [3.63, 3.8) is 0 Å². The van der Waals surface area contributed by atoms with Gasteiger partial charge in [0.25, 0.3) is 0 Å². The lowest BCUT2D eigenvalue weighted by Crippen LogP contribution is -2.52. The summed E-state index contributed by atoms with van der Waals surface area (Å²) in [7, 11) is 1.69. The van der Waals surface area contributed by atoms with Crippen LogP contribution in [0.25, 0.3) is 11.0 Å². The van der Waals surface area contributed by atoms with Crippen LogP contribution < -0.4 is 9.64 Å². The first-order valence-electron chi connectivity index (χ1n) is 15.0. The van der Waals surface area contributed by atoms with Crippen molar-refractivity contribution in [3.8, 4) is 5.75 Å². The summed E-state index contributed by atoms with van der Waals surface area (Å²) in [6.07, 6.45) is 3.07. The van der Waals surface area contributed by atoms with Gasteiger partial charge in [0, 0.05) is 45.0 Å². The highest BCUT2D eigenvalue weighted by molar-refractivity contribution is 5.79. The van der Waals surface area contributed by atoms with E-state index in [-0.39, 0.29) is 5.92 Å². The summed E-state index contributed by atoms with van der Waals surface area (Å²) in [5, 5.41) is 0. The van der Waals surface area contributed by atoms with Crippen LogP contribution in [0.15, 0.2) is 72.8 Å². The van der Waals surface area contributed by atoms with Gasteiger partial charge in [0.05, 0.1) is 30.6 Å². The van der Waals surface area contributed by atoms with Crippen molar-refractivity contribution in [2.75, 3.05) is 51.3 Å². The third kappa shape index (κ3) is 6.10. The SMILES string of the molecule is CCc1ccc(N2CCN(C(=O)[C@@H]3CCCN(Cc4nc5ccccc5n4Cc4ccc(OC)cc4)C3)CC2)cc1. The van der Waals surface area contributed by atoms with Gasteiger partial charge in [0.2, 0.25) is 5.91 Å². The van der Waals surface area contributed by atoms with E-state index < -0.39 is 0 Å². The molecule has 2 fully saturated rings. The molecule has 3 heterocycles. The number of amides is 1. The molecule has 1 aromatic heterocycles. The van der Waals surface area contributed by atoms with Crippen LogP contribution in [-0.4, -0.2) is 71.6 Å². The number of nitrogens with zero attached hydrogens (tertiary/aromatic N) is 5. The van der Waals surface area contributed by atoms with Gasteiger partial charge in [-0.25, -0.2) is 4.98 Å². The summed E-state index contributed by atoms with van der Waals surface area (Å²) in [6, 6.07) is 25.5. The van der Waals surface area contributed by atoms with Crippen LogP contribution in [0.3, 0.4) is 0 Å². The minimum atomic E-state index is 0.0542. The Morgan fingerprint density at radius 3 is 2.34 bits per heavy atom. The van der Waals surface area contributed by atoms with Crippen LogP contribution in [0, 0.1) is 5.92 Å². The van der Waals surface area contributed by atoms with Crippen LogP contribution in [0.4, 0.5) is 5.69 Å². The molecule has 4 aromatic rings. The number of imidazole rings is 1. The number of carbonyl (C=O) groups excluding carboxylic acids is 1. The fourth-order valence-corrected chi connectivity index (χ4v) is 6.32. The summed E-state index contributed by atoms with van der Waals surface area (Å²) < 4.78 is 7.67. The van der Waals surface area contributed by atoms with Crippen molar-refractivity contribution in [2.45, 2.75) is 39.3 Å². The molecule has 2 aliphatic rings. The molecule has 2 saturated heterocycles. The Bertz CT molecular complexity index is 1460. The number of anilines is 1. The maximum atomic E-state index is 13.6. The van der Waals surface area contributed by atoms with E-state index in [2.05, 4.69) is 80.8 Å². The maximum absolute atomic E-state index is 13.6. The molecule has 214 valence electrons. The lowest BCUT2D eigenvalue weighted by molar-refractivity contribution is -0.137. The molecule has 0 radical (unpaired) electrons. The molecule has 0 bridgehead atoms. The molecule has 7 heteroatoms. The van der Waals surface area contributed by atoms with Gasteiger partial charge in [0.15, 0.2) is 0 Å². The van der Waals surface area contributed by atoms with E-state index in [1.165, 1.54) is 16.8 Å². The van der Waals surface area contributed by atoms with Gasteiger partial charge in [-0.3, -0.25) is 9.69 Å². The van der Waals surface area contributed by atoms with Crippen molar-refractivity contribution in [3.05, 3.63) is 89.7 Å². The Labute approximate surface area is 243 Å². The quantitative estimate of drug-likeness (QED) is 0.301. The first kappa shape index (κ1) is 27.3. The molecular weight excluding hydrogens is 510 g/mol. The molecule has 1 amide bonds. The fraction of sp³-hybridized carbons (Fsp3) is 0.412. The Hall–Kier alpha value is -3.84. The smallest absolute Gasteiger partial charge is 0.227 e. The molecule has 1 atom stereocenters. The Morgan fingerprint density at radius 1 is 0.878 bits per heavy atom. The number of aryl methyl sites for hydroxylation is 1. The predicted molar refractivity (Wildman–Crippen MR) is 164 cm³/mol. The maximum Gasteiger partial charge on any atom is 0.227 e. The molecule has 2 aliphatic heterocycles. The van der Waals surface area contributed by atoms with E-state index in [1.807, 2.05) is 18.2 Å². The standard InChI is InChI=1S/C34H41N5O2/c1-3-26-10-14-29(15-11-26)37-19-21-38(22-20-37)34(40)28-7-6-18-36(24-28)25-33-35-31-8-4-5-9-32(31)39(33)23-27-12-16-30(41-2)17-13-27/h4-5,8-17,28H,3,6-7,18-25H2,1-2H3/t28-/m1/s1. The Balaban J connectivity index is 1.10. The number of hydrogen-bond acceptors (Lipinski definition) is 5. The second-order valence-electron chi connectivity index (χ2n) is 11.4. The van der Waals surface area contributed by atoms with Crippen LogP contribution >= 0.6 is 0 Å². The van der Waals surface area contributed by atoms with E-state index in [0.29, 0.717) is 5.91 Å². The van der Waals surface area contributed by atoms with E-state index in [1.54, 1.807) is 7.11 Å². The van der Waals surface area contributed by atoms with Gasteiger partial charge in [-0.2, -0.15) is 0 Å². The summed E-state index contributed by atoms with van der Waals surface area (Å²) in [6.45, 7) is 8.85. The molecule has 3 aromatic carbocycles. The second kappa shape index (κ2) is 12.4. The average molecular weight is 552 g/mol. The first-order chi connectivity index (χ1) is 20.1. The molecule has 0 aliphatic carbocycles. The number of benzene rings is 3. The molecule has 7 nitrogen and oxygen atoms in total. The van der Waals surface area contributed by atoms with Crippen molar-refractivity contribution < 1.29 is 9.53 Å². The summed E-state index contributed by atoms with van der Waals surface area (Å²) in [5.41, 5.74) is 5.99. The number of likely N-dealkylation sites (tertiary alicyclic amines) is 1. The Morgan fingerprint density at radius 2 is 1.61 bits per heavy atom. The van der Waals surface area contributed by atoms with Gasteiger partial charge in [0.1, 0.15) is 11.6 Å². The number of rotatable bonds is 8. The van der Waals surface area contributed by atoms with E-state index >= 15 is 0 Å². The fourth-order valence-electron chi connectivity index (χ4n) is 6.32. The normalized spacial score (nSPS) is 18.1. The number of hydrogen-bond donors (Lipinski definition) is 0. The summed E-state index contributed by atoms with van der Waals surface area (Å²) >= 11 is 0. The number of aromatic nitrogens is 2. The highest BCUT2D eigenvalue weighted by Gasteiger charge is 2.31. The first-order valence-corrected chi connectivity index (χ1v) is 15.0. The molecule has 6 rings (SSSR count). The molecule has 41 heavy (non-hydrogen) atoms. The highest BCUT2D eigenvalue weighted by Crippen LogP contribution is 2.25. The highest BCUT2D eigenvalue weighted by atomic mass is 16.5. The van der Waals surface area contributed by atoms with E-state index in [4.69, 9.17) is 9.72 Å². The Kier molecular flexibility index (Phi) is 8.23. The minimum Gasteiger partial charge on any atom is -0.497 e. The van der Waals surface area contributed by atoms with Gasteiger partial charge < -0.3 is 19.1 Å². The molecule has 0 spiro atoms. The van der Waals surface area contributed by atoms with Crippen LogP contribution in [0.1, 0.15) is 36.7 Å². The number of para-hydroxylation sites is 2. The molecule has 0 N–H and O–H groups in total. The number of carbonyl (C=O) groups is 1. The number of methoxy groups -OCH3 is 1. The number of fused-ring (bicyclic) bond motifs is 1. The number of piperazine rings is 1. The minimum absolute atomic E-state index is 0.0542. The zero-order chi connectivity index (χ0) is 28.2. The van der Waals surface area contributed by atoms with Crippen LogP contribution in [-0.2, 0) is 24.3 Å². The predicted octanol–water partition coefficient (Wildman–Crippen LogP) is 5.22. The van der Waals surface area contributed by atoms with E-state index in [9.17, 15) is 4.79 Å². The van der Waals surface area contributed by atoms with Crippen molar-refractivity contribution in [2.24, 2.45) is 5.92 Å². The van der Waals surface area contributed by atoms with Crippen molar-refractivity contribution in [1.29, 1.82) is 0 Å². The zero-order valence-corrected chi connectivity index (χ0v) is 24.3. The zero-order valence-electron chi connectivity index (χ0n) is 24.3. The van der Waals surface area contributed by atoms with E-state index in [0.717, 1.165) is 94.2 Å². The third-order valence-electron chi connectivity index (χ3n) is 8.75. The van der Waals surface area contributed by atoms with Gasteiger partial charge in [-0.15, -0.1) is 0 Å². The second-order valence-corrected chi connectivity index (χ2v) is 11.4. The number of piperidine rings is 1. The van der Waals surface area contributed by atoms with Gasteiger partial charge >= 0.3 is 0 Å². The lowest BCUT2D eigenvalue weighted by atomic mass is 9.96.